The number of imidazole rings is 1. The van der Waals surface area contributed by atoms with Crippen molar-refractivity contribution < 1.29 is 9.84 Å². The molecule has 3 N–H and O–H groups in total. The first kappa shape index (κ1) is 23.6. The molecule has 3 rings (SSSR count). The fourth-order valence-electron chi connectivity index (χ4n) is 3.58. The number of H-pyrrole nitrogens is 1. The number of fused-ring (bicyclic) bond motifs is 1. The van der Waals surface area contributed by atoms with Crippen LogP contribution in [-0.2, 0) is 13.6 Å². The number of likely N-dealkylation sites (N-methyl/N-ethyl adjacent to an activating group) is 1. The van der Waals surface area contributed by atoms with Gasteiger partial charge in [-0.25, -0.2) is 4.79 Å². The van der Waals surface area contributed by atoms with Gasteiger partial charge in [0.05, 0.1) is 6.54 Å². The van der Waals surface area contributed by atoms with Crippen molar-refractivity contribution in [3.8, 4) is 5.75 Å². The molecule has 0 saturated heterocycles. The van der Waals surface area contributed by atoms with Crippen LogP contribution >= 0.6 is 0 Å². The summed E-state index contributed by atoms with van der Waals surface area (Å²) in [6.45, 7) is 9.51. The summed E-state index contributed by atoms with van der Waals surface area (Å²) in [6, 6.07) is 7.57. The molecule has 2 aromatic heterocycles. The zero-order valence-electron chi connectivity index (χ0n) is 19.1. The molecule has 0 amide bonds. The maximum Gasteiger partial charge on any atom is 0.329 e. The van der Waals surface area contributed by atoms with Gasteiger partial charge in [-0.15, -0.1) is 0 Å². The molecule has 1 atom stereocenters. The molecule has 0 aliphatic heterocycles. The van der Waals surface area contributed by atoms with Crippen LogP contribution in [0.1, 0.15) is 19.4 Å². The van der Waals surface area contributed by atoms with Gasteiger partial charge in [-0.05, 0) is 31.6 Å². The summed E-state index contributed by atoms with van der Waals surface area (Å²) in [5, 5.41) is 13.9. The molecule has 10 nitrogen and oxygen atoms in total. The second-order valence-electron chi connectivity index (χ2n) is 7.72. The van der Waals surface area contributed by atoms with E-state index < -0.39 is 17.4 Å². The number of hydrogen-bond donors (Lipinski definition) is 3. The Balaban J connectivity index is 1.85. The zero-order valence-corrected chi connectivity index (χ0v) is 19.1. The molecular weight excluding hydrogens is 412 g/mol. The van der Waals surface area contributed by atoms with Gasteiger partial charge in [-0.3, -0.25) is 14.3 Å². The lowest BCUT2D eigenvalue weighted by Gasteiger charge is -2.19. The number of anilines is 1. The molecule has 0 saturated carbocycles. The van der Waals surface area contributed by atoms with Gasteiger partial charge in [-0.1, -0.05) is 32.0 Å². The second-order valence-corrected chi connectivity index (χ2v) is 7.72. The van der Waals surface area contributed by atoms with Crippen LogP contribution in [0.5, 0.6) is 5.75 Å². The smallest absolute Gasteiger partial charge is 0.329 e. The number of aromatic amines is 1. The summed E-state index contributed by atoms with van der Waals surface area (Å²) in [7, 11) is 1.55. The fraction of sp³-hybridized carbons (Fsp3) is 0.500. The van der Waals surface area contributed by atoms with Crippen molar-refractivity contribution in [1.29, 1.82) is 0 Å². The van der Waals surface area contributed by atoms with E-state index in [1.54, 1.807) is 11.6 Å². The second kappa shape index (κ2) is 10.5. The highest BCUT2D eigenvalue weighted by atomic mass is 16.5. The molecule has 0 unspecified atom stereocenters. The largest absolute Gasteiger partial charge is 0.491 e. The van der Waals surface area contributed by atoms with Gasteiger partial charge in [0, 0.05) is 20.1 Å². The minimum absolute atomic E-state index is 0.0487. The molecule has 3 aromatic rings. The SMILES string of the molecule is CCN(CC)CCNc1nc2c(c(=O)[nH]c(=O)n2C)n1C[C@@H](O)COc1ccccc1C. The van der Waals surface area contributed by atoms with E-state index in [0.29, 0.717) is 18.2 Å². The molecule has 0 fully saturated rings. The van der Waals surface area contributed by atoms with E-state index in [1.807, 2.05) is 31.2 Å². The fourth-order valence-corrected chi connectivity index (χ4v) is 3.58. The van der Waals surface area contributed by atoms with Crippen molar-refractivity contribution >= 4 is 17.1 Å². The highest BCUT2D eigenvalue weighted by Crippen LogP contribution is 2.18. The quantitative estimate of drug-likeness (QED) is 0.403. The van der Waals surface area contributed by atoms with E-state index in [0.717, 1.165) is 25.2 Å². The van der Waals surface area contributed by atoms with Crippen LogP contribution in [-0.4, -0.2) is 68.0 Å². The van der Waals surface area contributed by atoms with Crippen molar-refractivity contribution in [3.05, 3.63) is 50.7 Å². The van der Waals surface area contributed by atoms with E-state index in [2.05, 4.69) is 34.0 Å². The van der Waals surface area contributed by atoms with Gasteiger partial charge >= 0.3 is 5.69 Å². The van der Waals surface area contributed by atoms with Gasteiger partial charge < -0.3 is 24.6 Å². The molecule has 0 radical (unpaired) electrons. The number of nitrogens with zero attached hydrogens (tertiary/aromatic N) is 4. The number of ether oxygens (including phenoxy) is 1. The number of aromatic nitrogens is 4. The lowest BCUT2D eigenvalue weighted by Crippen LogP contribution is -2.31. The van der Waals surface area contributed by atoms with E-state index in [-0.39, 0.29) is 24.3 Å². The predicted octanol–water partition coefficient (Wildman–Crippen LogP) is 0.925. The van der Waals surface area contributed by atoms with Crippen molar-refractivity contribution in [1.82, 2.24) is 24.0 Å². The number of hydrogen-bond acceptors (Lipinski definition) is 7. The lowest BCUT2D eigenvalue weighted by molar-refractivity contribution is 0.0935. The molecule has 0 bridgehead atoms. The first-order valence-electron chi connectivity index (χ1n) is 10.9. The monoisotopic (exact) mass is 444 g/mol. The average Bonchev–Trinajstić information content (AvgIpc) is 3.13. The Labute approximate surface area is 186 Å². The van der Waals surface area contributed by atoms with E-state index >= 15 is 0 Å². The predicted molar refractivity (Wildman–Crippen MR) is 125 cm³/mol. The number of aryl methyl sites for hydroxylation is 2. The minimum Gasteiger partial charge on any atom is -0.491 e. The van der Waals surface area contributed by atoms with Gasteiger partial charge in [0.15, 0.2) is 11.2 Å². The number of aliphatic hydroxyl groups excluding tert-OH is 1. The molecule has 0 spiro atoms. The number of benzene rings is 1. The Bertz CT molecular complexity index is 1160. The van der Waals surface area contributed by atoms with Crippen molar-refractivity contribution in [2.45, 2.75) is 33.4 Å². The van der Waals surface area contributed by atoms with Crippen LogP contribution in [0.15, 0.2) is 33.9 Å². The van der Waals surface area contributed by atoms with Gasteiger partial charge in [-0.2, -0.15) is 4.98 Å². The highest BCUT2D eigenvalue weighted by molar-refractivity contribution is 5.74. The summed E-state index contributed by atoms with van der Waals surface area (Å²) in [4.78, 5) is 33.7. The standard InChI is InChI=1S/C22H32N6O4/c1-5-27(6-2)12-11-23-21-24-19-18(20(30)25-22(31)26(19)4)28(21)13-16(29)14-32-17-10-8-7-9-15(17)3/h7-10,16,29H,5-6,11-14H2,1-4H3,(H,23,24)(H,25,30,31)/t16-/m1/s1. The van der Waals surface area contributed by atoms with Crippen molar-refractivity contribution in [2.24, 2.45) is 7.05 Å². The lowest BCUT2D eigenvalue weighted by atomic mass is 10.2. The van der Waals surface area contributed by atoms with Crippen LogP contribution in [0.3, 0.4) is 0 Å². The van der Waals surface area contributed by atoms with Crippen molar-refractivity contribution in [2.75, 3.05) is 38.1 Å². The topological polar surface area (TPSA) is 117 Å². The Morgan fingerprint density at radius 2 is 1.97 bits per heavy atom. The molecule has 0 aliphatic carbocycles. The third-order valence-corrected chi connectivity index (χ3v) is 5.53. The third-order valence-electron chi connectivity index (χ3n) is 5.53. The maximum absolute atomic E-state index is 12.6. The first-order valence-corrected chi connectivity index (χ1v) is 10.9. The van der Waals surface area contributed by atoms with Crippen molar-refractivity contribution in [3.63, 3.8) is 0 Å². The zero-order chi connectivity index (χ0) is 23.3. The van der Waals surface area contributed by atoms with Gasteiger partial charge in [0.25, 0.3) is 5.56 Å². The Kier molecular flexibility index (Phi) is 7.70. The van der Waals surface area contributed by atoms with E-state index in [4.69, 9.17) is 4.74 Å². The molecule has 10 heteroatoms. The number of para-hydroxylation sites is 1. The summed E-state index contributed by atoms with van der Waals surface area (Å²) in [5.41, 5.74) is 0.381. The number of nitrogens with one attached hydrogen (secondary N) is 2. The normalized spacial score (nSPS) is 12.4. The molecule has 174 valence electrons. The molecule has 32 heavy (non-hydrogen) atoms. The minimum atomic E-state index is -0.896. The van der Waals surface area contributed by atoms with Crippen LogP contribution in [0, 0.1) is 6.92 Å². The molecule has 1 aromatic carbocycles. The van der Waals surface area contributed by atoms with E-state index in [9.17, 15) is 14.7 Å². The third kappa shape index (κ3) is 5.20. The molecule has 2 heterocycles. The van der Waals surface area contributed by atoms with Crippen LogP contribution in [0.25, 0.3) is 11.2 Å². The number of rotatable bonds is 11. The van der Waals surface area contributed by atoms with Gasteiger partial charge in [0.2, 0.25) is 5.95 Å². The summed E-state index contributed by atoms with van der Waals surface area (Å²) in [5.74, 6) is 1.12. The maximum atomic E-state index is 12.6. The Morgan fingerprint density at radius 3 is 2.66 bits per heavy atom. The van der Waals surface area contributed by atoms with Crippen LogP contribution in [0.4, 0.5) is 5.95 Å². The summed E-state index contributed by atoms with van der Waals surface area (Å²) >= 11 is 0. The van der Waals surface area contributed by atoms with Crippen LogP contribution in [0.2, 0.25) is 0 Å². The Hall–Kier alpha value is -3.11. The van der Waals surface area contributed by atoms with Crippen LogP contribution < -0.4 is 21.3 Å². The summed E-state index contributed by atoms with van der Waals surface area (Å²) < 4.78 is 8.67. The average molecular weight is 445 g/mol. The highest BCUT2D eigenvalue weighted by Gasteiger charge is 2.20. The first-order chi connectivity index (χ1) is 15.3. The number of aliphatic hydroxyl groups is 1. The molecular formula is C22H32N6O4. The van der Waals surface area contributed by atoms with E-state index in [1.165, 1.54) is 4.57 Å². The Morgan fingerprint density at radius 1 is 1.25 bits per heavy atom. The summed E-state index contributed by atoms with van der Waals surface area (Å²) in [6.07, 6.45) is -0.896. The molecule has 0 aliphatic rings. The van der Waals surface area contributed by atoms with Gasteiger partial charge in [0.1, 0.15) is 18.5 Å².